The van der Waals surface area contributed by atoms with E-state index in [9.17, 15) is 9.18 Å². The van der Waals surface area contributed by atoms with Gasteiger partial charge in [0.15, 0.2) is 0 Å². The Balaban J connectivity index is 2.62. The normalized spacial score (nSPS) is 10.6. The summed E-state index contributed by atoms with van der Waals surface area (Å²) in [6.45, 7) is 2.42. The van der Waals surface area contributed by atoms with Gasteiger partial charge in [0.2, 0.25) is 0 Å². The van der Waals surface area contributed by atoms with E-state index in [0.29, 0.717) is 6.54 Å². The maximum Gasteiger partial charge on any atom is 0.253 e. The van der Waals surface area contributed by atoms with Crippen molar-refractivity contribution in [2.24, 2.45) is 0 Å². The number of rotatable bonds is 4. The van der Waals surface area contributed by atoms with Gasteiger partial charge in [-0.3, -0.25) is 4.79 Å². The number of halogens is 1. The first-order valence-electron chi connectivity index (χ1n) is 5.09. The third-order valence-electron chi connectivity index (χ3n) is 2.09. The van der Waals surface area contributed by atoms with E-state index in [1.807, 2.05) is 19.1 Å². The van der Waals surface area contributed by atoms with E-state index in [0.717, 1.165) is 12.5 Å². The lowest BCUT2D eigenvalue weighted by Crippen LogP contribution is -2.25. The highest BCUT2D eigenvalue weighted by atomic mass is 19.1. The Bertz CT molecular complexity index is 402. The van der Waals surface area contributed by atoms with Crippen LogP contribution in [-0.4, -0.2) is 12.5 Å². The van der Waals surface area contributed by atoms with E-state index in [-0.39, 0.29) is 17.2 Å². The molecule has 0 saturated carbocycles. The maximum absolute atomic E-state index is 12.9. The molecule has 0 heterocycles. The van der Waals surface area contributed by atoms with Gasteiger partial charge in [-0.15, -0.1) is 0 Å². The molecule has 0 aliphatic rings. The Kier molecular flexibility index (Phi) is 4.51. The van der Waals surface area contributed by atoms with E-state index < -0.39 is 5.82 Å². The second kappa shape index (κ2) is 5.90. The van der Waals surface area contributed by atoms with Gasteiger partial charge in [-0.2, -0.15) is 0 Å². The molecule has 0 spiro atoms. The first-order chi connectivity index (χ1) is 7.65. The molecule has 1 aromatic rings. The average molecular weight is 222 g/mol. The number of nitrogens with two attached hydrogens (primary N) is 1. The number of allylic oxidation sites excluding steroid dienone is 1. The largest absolute Gasteiger partial charge is 0.398 e. The molecule has 0 aromatic heterocycles. The highest BCUT2D eigenvalue weighted by Gasteiger charge is 2.09. The van der Waals surface area contributed by atoms with Crippen LogP contribution in [0.5, 0.6) is 0 Å². The lowest BCUT2D eigenvalue weighted by atomic mass is 10.1. The SMILES string of the molecule is C/C=C/CCNC(=O)c1cc(F)ccc1N. The number of carbonyl (C=O) groups is 1. The number of benzene rings is 1. The van der Waals surface area contributed by atoms with Gasteiger partial charge in [-0.1, -0.05) is 12.2 Å². The van der Waals surface area contributed by atoms with Crippen molar-refractivity contribution in [2.75, 3.05) is 12.3 Å². The van der Waals surface area contributed by atoms with Gasteiger partial charge >= 0.3 is 0 Å². The van der Waals surface area contributed by atoms with Gasteiger partial charge < -0.3 is 11.1 Å². The minimum atomic E-state index is -0.465. The van der Waals surface area contributed by atoms with Crippen LogP contribution in [0.4, 0.5) is 10.1 Å². The molecular formula is C12H15FN2O. The second-order valence-corrected chi connectivity index (χ2v) is 3.35. The van der Waals surface area contributed by atoms with Crippen LogP contribution in [0.15, 0.2) is 30.4 Å². The number of nitrogen functional groups attached to an aromatic ring is 1. The molecule has 16 heavy (non-hydrogen) atoms. The number of anilines is 1. The summed E-state index contributed by atoms with van der Waals surface area (Å²) in [7, 11) is 0. The third-order valence-corrected chi connectivity index (χ3v) is 2.09. The van der Waals surface area contributed by atoms with E-state index >= 15 is 0 Å². The second-order valence-electron chi connectivity index (χ2n) is 3.35. The Labute approximate surface area is 94.1 Å². The predicted octanol–water partition coefficient (Wildman–Crippen LogP) is 2.10. The zero-order chi connectivity index (χ0) is 12.0. The molecular weight excluding hydrogens is 207 g/mol. The maximum atomic E-state index is 12.9. The summed E-state index contributed by atoms with van der Waals surface area (Å²) < 4.78 is 12.9. The van der Waals surface area contributed by atoms with Crippen LogP contribution in [-0.2, 0) is 0 Å². The number of carbonyl (C=O) groups excluding carboxylic acids is 1. The monoisotopic (exact) mass is 222 g/mol. The van der Waals surface area contributed by atoms with Crippen LogP contribution < -0.4 is 11.1 Å². The molecule has 86 valence electrons. The molecule has 0 unspecified atom stereocenters. The topological polar surface area (TPSA) is 55.1 Å². The molecule has 0 bridgehead atoms. The average Bonchev–Trinajstić information content (AvgIpc) is 2.27. The molecule has 0 fully saturated rings. The fourth-order valence-corrected chi connectivity index (χ4v) is 1.26. The highest BCUT2D eigenvalue weighted by Crippen LogP contribution is 2.12. The van der Waals surface area contributed by atoms with Crippen LogP contribution in [0.1, 0.15) is 23.7 Å². The summed E-state index contributed by atoms with van der Waals surface area (Å²) in [5.41, 5.74) is 6.04. The van der Waals surface area contributed by atoms with Crippen LogP contribution in [0, 0.1) is 5.82 Å². The number of nitrogens with one attached hydrogen (secondary N) is 1. The molecule has 0 saturated heterocycles. The zero-order valence-electron chi connectivity index (χ0n) is 9.16. The Morgan fingerprint density at radius 1 is 1.56 bits per heavy atom. The molecule has 1 amide bonds. The molecule has 3 N–H and O–H groups in total. The lowest BCUT2D eigenvalue weighted by molar-refractivity contribution is 0.0955. The van der Waals surface area contributed by atoms with Crippen molar-refractivity contribution in [1.29, 1.82) is 0 Å². The summed E-state index contributed by atoms with van der Waals surface area (Å²) in [5, 5.41) is 2.66. The van der Waals surface area contributed by atoms with Crippen molar-refractivity contribution in [2.45, 2.75) is 13.3 Å². The fourth-order valence-electron chi connectivity index (χ4n) is 1.26. The molecule has 3 nitrogen and oxygen atoms in total. The standard InChI is InChI=1S/C12H15FN2O/c1-2-3-4-7-15-12(16)10-8-9(13)5-6-11(10)14/h2-3,5-6,8H,4,7,14H2,1H3,(H,15,16)/b3-2+. The summed E-state index contributed by atoms with van der Waals surface area (Å²) in [6, 6.07) is 3.75. The van der Waals surface area contributed by atoms with Gasteiger partial charge in [0.1, 0.15) is 5.82 Å². The van der Waals surface area contributed by atoms with Gasteiger partial charge in [-0.25, -0.2) is 4.39 Å². The van der Waals surface area contributed by atoms with Gasteiger partial charge in [0.25, 0.3) is 5.91 Å². The minimum Gasteiger partial charge on any atom is -0.398 e. The number of hydrogen-bond donors (Lipinski definition) is 2. The van der Waals surface area contributed by atoms with Crippen LogP contribution in [0.3, 0.4) is 0 Å². The highest BCUT2D eigenvalue weighted by molar-refractivity contribution is 5.99. The van der Waals surface area contributed by atoms with Crippen LogP contribution in [0.25, 0.3) is 0 Å². The summed E-state index contributed by atoms with van der Waals surface area (Å²) >= 11 is 0. The van der Waals surface area contributed by atoms with E-state index in [1.54, 1.807) is 0 Å². The number of amides is 1. The summed E-state index contributed by atoms with van der Waals surface area (Å²) in [5.74, 6) is -0.811. The Hall–Kier alpha value is -1.84. The molecule has 0 aliphatic carbocycles. The Morgan fingerprint density at radius 2 is 2.31 bits per heavy atom. The van der Waals surface area contributed by atoms with Crippen molar-refractivity contribution in [3.63, 3.8) is 0 Å². The fraction of sp³-hybridized carbons (Fsp3) is 0.250. The third kappa shape index (κ3) is 3.38. The van der Waals surface area contributed by atoms with E-state index in [2.05, 4.69) is 5.32 Å². The van der Waals surface area contributed by atoms with E-state index in [4.69, 9.17) is 5.73 Å². The molecule has 1 aromatic carbocycles. The van der Waals surface area contributed by atoms with Gasteiger partial charge in [0, 0.05) is 12.2 Å². The summed E-state index contributed by atoms with van der Waals surface area (Å²) in [4.78, 5) is 11.6. The molecule has 0 atom stereocenters. The molecule has 0 aliphatic heterocycles. The lowest BCUT2D eigenvalue weighted by Gasteiger charge is -2.06. The van der Waals surface area contributed by atoms with Crippen LogP contribution in [0.2, 0.25) is 0 Å². The minimum absolute atomic E-state index is 0.181. The Morgan fingerprint density at radius 3 is 3.00 bits per heavy atom. The summed E-state index contributed by atoms with van der Waals surface area (Å²) in [6.07, 6.45) is 4.59. The van der Waals surface area contributed by atoms with Crippen molar-refractivity contribution in [1.82, 2.24) is 5.32 Å². The quantitative estimate of drug-likeness (QED) is 0.465. The zero-order valence-corrected chi connectivity index (χ0v) is 9.16. The van der Waals surface area contributed by atoms with Gasteiger partial charge in [-0.05, 0) is 31.5 Å². The molecule has 0 radical (unpaired) electrons. The molecule has 1 rings (SSSR count). The predicted molar refractivity (Wildman–Crippen MR) is 62.6 cm³/mol. The molecule has 4 heteroatoms. The van der Waals surface area contributed by atoms with Crippen LogP contribution >= 0.6 is 0 Å². The van der Waals surface area contributed by atoms with Crippen molar-refractivity contribution in [3.05, 3.63) is 41.7 Å². The first kappa shape index (κ1) is 12.2. The van der Waals surface area contributed by atoms with Crippen molar-refractivity contribution >= 4 is 11.6 Å². The first-order valence-corrected chi connectivity index (χ1v) is 5.09. The van der Waals surface area contributed by atoms with Gasteiger partial charge in [0.05, 0.1) is 5.56 Å². The van der Waals surface area contributed by atoms with Crippen molar-refractivity contribution < 1.29 is 9.18 Å². The van der Waals surface area contributed by atoms with Crippen molar-refractivity contribution in [3.8, 4) is 0 Å². The number of hydrogen-bond acceptors (Lipinski definition) is 2. The smallest absolute Gasteiger partial charge is 0.253 e. The van der Waals surface area contributed by atoms with E-state index in [1.165, 1.54) is 12.1 Å².